The standard InChI is InChI=1S/C42H41N/c1-26-13-11-15-28(21-26)43(29-16-12-14-27(2)22-29)39-25-38-40(32-19-8-7-18-31(32)39)34-24-36-33(23-37(34)42(38,5)6)30-17-9-10-20-35(30)41(36,3)4/h7-8,10-16,18-25,30,35H,9,17H2,1-6H3. The molecule has 0 saturated heterocycles. The molecule has 2 atom stereocenters. The molecule has 0 aromatic heterocycles. The van der Waals surface area contributed by atoms with Crippen LogP contribution in [-0.2, 0) is 10.8 Å². The van der Waals surface area contributed by atoms with E-state index in [1.165, 1.54) is 74.1 Å². The lowest BCUT2D eigenvalue weighted by Crippen LogP contribution is -2.25. The van der Waals surface area contributed by atoms with Gasteiger partial charge in [-0.2, -0.15) is 0 Å². The molecule has 1 nitrogen and oxygen atoms in total. The van der Waals surface area contributed by atoms with Gasteiger partial charge in [-0.3, -0.25) is 0 Å². The summed E-state index contributed by atoms with van der Waals surface area (Å²) in [6, 6.07) is 34.7. The molecule has 5 aromatic carbocycles. The maximum Gasteiger partial charge on any atom is 0.0543 e. The molecule has 0 radical (unpaired) electrons. The van der Waals surface area contributed by atoms with Crippen molar-refractivity contribution in [2.75, 3.05) is 4.90 Å². The summed E-state index contributed by atoms with van der Waals surface area (Å²) >= 11 is 0. The van der Waals surface area contributed by atoms with Crippen molar-refractivity contribution in [2.24, 2.45) is 5.92 Å². The van der Waals surface area contributed by atoms with Crippen LogP contribution in [0.2, 0.25) is 0 Å². The monoisotopic (exact) mass is 559 g/mol. The maximum atomic E-state index is 2.63. The van der Waals surface area contributed by atoms with Gasteiger partial charge in [-0.25, -0.2) is 0 Å². The zero-order chi connectivity index (χ0) is 29.7. The van der Waals surface area contributed by atoms with Crippen molar-refractivity contribution in [1.29, 1.82) is 0 Å². The molecule has 43 heavy (non-hydrogen) atoms. The SMILES string of the molecule is Cc1cccc(N(c2cccc(C)c2)c2cc3c(c4ccccc24)-c2cc4c(cc2C3(C)C)C2CCC=CC2C4(C)C)c1. The van der Waals surface area contributed by atoms with Gasteiger partial charge >= 0.3 is 0 Å². The molecule has 1 heteroatoms. The van der Waals surface area contributed by atoms with E-state index in [4.69, 9.17) is 0 Å². The molecular formula is C42H41N. The summed E-state index contributed by atoms with van der Waals surface area (Å²) < 4.78 is 0. The molecule has 214 valence electrons. The summed E-state index contributed by atoms with van der Waals surface area (Å²) in [4.78, 5) is 2.48. The first-order valence-electron chi connectivity index (χ1n) is 16.0. The van der Waals surface area contributed by atoms with E-state index in [9.17, 15) is 0 Å². The fourth-order valence-electron chi connectivity index (χ4n) is 8.74. The predicted octanol–water partition coefficient (Wildman–Crippen LogP) is 11.6. The van der Waals surface area contributed by atoms with Crippen LogP contribution >= 0.6 is 0 Å². The van der Waals surface area contributed by atoms with Crippen LogP contribution in [0.3, 0.4) is 0 Å². The Bertz CT molecular complexity index is 1920. The van der Waals surface area contributed by atoms with Crippen LogP contribution in [0.5, 0.6) is 0 Å². The van der Waals surface area contributed by atoms with Crippen LogP contribution in [-0.4, -0.2) is 0 Å². The van der Waals surface area contributed by atoms with E-state index in [1.54, 1.807) is 11.1 Å². The minimum Gasteiger partial charge on any atom is -0.310 e. The number of hydrogen-bond acceptors (Lipinski definition) is 1. The smallest absolute Gasteiger partial charge is 0.0543 e. The molecule has 8 rings (SSSR count). The second-order valence-electron chi connectivity index (χ2n) is 14.3. The molecule has 3 aliphatic carbocycles. The highest BCUT2D eigenvalue weighted by molar-refractivity contribution is 6.10. The van der Waals surface area contributed by atoms with Crippen molar-refractivity contribution >= 4 is 27.8 Å². The molecule has 0 bridgehead atoms. The second-order valence-corrected chi connectivity index (χ2v) is 14.3. The molecule has 2 unspecified atom stereocenters. The van der Waals surface area contributed by atoms with Crippen molar-refractivity contribution in [3.05, 3.63) is 137 Å². The van der Waals surface area contributed by atoms with Gasteiger partial charge in [0, 0.05) is 22.2 Å². The molecule has 0 fully saturated rings. The third kappa shape index (κ3) is 3.77. The first-order chi connectivity index (χ1) is 20.7. The van der Waals surface area contributed by atoms with Crippen LogP contribution in [0.15, 0.2) is 103 Å². The average Bonchev–Trinajstić information content (AvgIpc) is 3.36. The van der Waals surface area contributed by atoms with E-state index in [2.05, 4.69) is 150 Å². The number of benzene rings is 5. The molecule has 0 spiro atoms. The first-order valence-corrected chi connectivity index (χ1v) is 16.0. The largest absolute Gasteiger partial charge is 0.310 e. The molecule has 0 saturated carbocycles. The Balaban J connectivity index is 1.41. The normalized spacial score (nSPS) is 20.4. The van der Waals surface area contributed by atoms with Crippen molar-refractivity contribution in [1.82, 2.24) is 0 Å². The van der Waals surface area contributed by atoms with E-state index in [-0.39, 0.29) is 10.8 Å². The number of nitrogens with zero attached hydrogens (tertiary/aromatic N) is 1. The van der Waals surface area contributed by atoms with Crippen LogP contribution < -0.4 is 4.90 Å². The second kappa shape index (κ2) is 9.20. The predicted molar refractivity (Wildman–Crippen MR) is 183 cm³/mol. The van der Waals surface area contributed by atoms with Gasteiger partial charge in [0.15, 0.2) is 0 Å². The molecule has 0 amide bonds. The van der Waals surface area contributed by atoms with Gasteiger partial charge in [0.25, 0.3) is 0 Å². The number of hydrogen-bond donors (Lipinski definition) is 0. The topological polar surface area (TPSA) is 3.24 Å². The number of allylic oxidation sites excluding steroid dienone is 2. The fraction of sp³-hybridized carbons (Fsp3) is 0.286. The lowest BCUT2D eigenvalue weighted by Gasteiger charge is -2.31. The van der Waals surface area contributed by atoms with E-state index in [1.807, 2.05) is 0 Å². The zero-order valence-electron chi connectivity index (χ0n) is 26.3. The van der Waals surface area contributed by atoms with Gasteiger partial charge in [-0.15, -0.1) is 0 Å². The fourth-order valence-corrected chi connectivity index (χ4v) is 8.74. The average molecular weight is 560 g/mol. The van der Waals surface area contributed by atoms with Gasteiger partial charge in [-0.05, 0) is 130 Å². The van der Waals surface area contributed by atoms with Crippen LogP contribution in [0.4, 0.5) is 17.1 Å². The van der Waals surface area contributed by atoms with Gasteiger partial charge in [0.05, 0.1) is 5.69 Å². The molecule has 3 aliphatic rings. The van der Waals surface area contributed by atoms with E-state index in [0.717, 1.165) is 0 Å². The highest BCUT2D eigenvalue weighted by Crippen LogP contribution is 2.60. The van der Waals surface area contributed by atoms with Gasteiger partial charge in [0.1, 0.15) is 0 Å². The quantitative estimate of drug-likeness (QED) is 0.199. The molecule has 0 aliphatic heterocycles. The number of aryl methyl sites for hydroxylation is 2. The van der Waals surface area contributed by atoms with E-state index < -0.39 is 0 Å². The van der Waals surface area contributed by atoms with E-state index >= 15 is 0 Å². The third-order valence-corrected chi connectivity index (χ3v) is 10.9. The highest BCUT2D eigenvalue weighted by atomic mass is 15.1. The Labute approximate surface area is 256 Å². The summed E-state index contributed by atoms with van der Waals surface area (Å²) in [6.45, 7) is 14.2. The van der Waals surface area contributed by atoms with Gasteiger partial charge in [-0.1, -0.05) is 94.4 Å². The number of anilines is 3. The Morgan fingerprint density at radius 3 is 2.02 bits per heavy atom. The van der Waals surface area contributed by atoms with Gasteiger partial charge < -0.3 is 4.90 Å². The highest BCUT2D eigenvalue weighted by Gasteiger charge is 2.48. The lowest BCUT2D eigenvalue weighted by atomic mass is 9.73. The summed E-state index contributed by atoms with van der Waals surface area (Å²) in [6.07, 6.45) is 7.40. The van der Waals surface area contributed by atoms with Crippen LogP contribution in [0.25, 0.3) is 21.9 Å². The lowest BCUT2D eigenvalue weighted by molar-refractivity contribution is 0.347. The maximum absolute atomic E-state index is 2.63. The number of fused-ring (bicyclic) bond motifs is 8. The van der Waals surface area contributed by atoms with Crippen LogP contribution in [0.1, 0.15) is 79.8 Å². The zero-order valence-corrected chi connectivity index (χ0v) is 26.3. The molecule has 0 heterocycles. The summed E-state index contributed by atoms with van der Waals surface area (Å²) in [5.74, 6) is 1.22. The Morgan fingerprint density at radius 2 is 1.35 bits per heavy atom. The number of rotatable bonds is 3. The molecule has 0 N–H and O–H groups in total. The third-order valence-electron chi connectivity index (χ3n) is 10.9. The Hall–Kier alpha value is -4.10. The van der Waals surface area contributed by atoms with E-state index in [0.29, 0.717) is 11.8 Å². The van der Waals surface area contributed by atoms with Crippen LogP contribution in [0, 0.1) is 19.8 Å². The summed E-state index contributed by atoms with van der Waals surface area (Å²) in [7, 11) is 0. The first kappa shape index (κ1) is 26.5. The van der Waals surface area contributed by atoms with Crippen molar-refractivity contribution in [3.8, 4) is 11.1 Å². The van der Waals surface area contributed by atoms with Gasteiger partial charge in [0.2, 0.25) is 0 Å². The molecular weight excluding hydrogens is 518 g/mol. The minimum atomic E-state index is -0.101. The van der Waals surface area contributed by atoms with Crippen molar-refractivity contribution in [2.45, 2.75) is 71.1 Å². The van der Waals surface area contributed by atoms with Crippen molar-refractivity contribution in [3.63, 3.8) is 0 Å². The van der Waals surface area contributed by atoms with Crippen molar-refractivity contribution < 1.29 is 0 Å². The Kier molecular flexibility index (Phi) is 5.67. The minimum absolute atomic E-state index is 0.101. The molecule has 5 aromatic rings. The summed E-state index contributed by atoms with van der Waals surface area (Å²) in [5.41, 5.74) is 15.2. The summed E-state index contributed by atoms with van der Waals surface area (Å²) in [5, 5.41) is 2.64. The Morgan fingerprint density at radius 1 is 0.674 bits per heavy atom.